The molecule has 0 aliphatic heterocycles. The summed E-state index contributed by atoms with van der Waals surface area (Å²) < 4.78 is 5.60. The van der Waals surface area contributed by atoms with Crippen LogP contribution in [0.3, 0.4) is 0 Å². The molecule has 1 N–H and O–H groups in total. The van der Waals surface area contributed by atoms with E-state index in [2.05, 4.69) is 12.2 Å². The smallest absolute Gasteiger partial charge is 0.224 e. The number of aryl methyl sites for hydroxylation is 1. The number of nitrogens with one attached hydrogen (secondary N) is 1. The van der Waals surface area contributed by atoms with Crippen molar-refractivity contribution in [3.63, 3.8) is 0 Å². The number of hydrogen-bond acceptors (Lipinski definition) is 2. The molecule has 23 heavy (non-hydrogen) atoms. The van der Waals surface area contributed by atoms with Crippen LogP contribution in [0.4, 0.5) is 5.69 Å². The molecule has 0 aromatic heterocycles. The molecule has 0 heterocycles. The zero-order chi connectivity index (χ0) is 16.5. The lowest BCUT2D eigenvalue weighted by Gasteiger charge is -2.08. The predicted molar refractivity (Wildman–Crippen MR) is 95.2 cm³/mol. The molecular weight excluding hydrogens is 310 g/mol. The van der Waals surface area contributed by atoms with Gasteiger partial charge in [0, 0.05) is 17.1 Å². The van der Waals surface area contributed by atoms with Crippen molar-refractivity contribution in [2.24, 2.45) is 0 Å². The molecule has 2 aromatic carbocycles. The maximum absolute atomic E-state index is 12.0. The zero-order valence-electron chi connectivity index (χ0n) is 13.3. The van der Waals surface area contributed by atoms with E-state index in [1.54, 1.807) is 0 Å². The van der Waals surface area contributed by atoms with Crippen LogP contribution in [0.1, 0.15) is 31.7 Å². The number of anilines is 1. The van der Waals surface area contributed by atoms with Crippen LogP contribution in [-0.4, -0.2) is 12.5 Å². The lowest BCUT2D eigenvalue weighted by atomic mass is 10.1. The Balaban J connectivity index is 1.77. The van der Waals surface area contributed by atoms with E-state index in [1.807, 2.05) is 48.5 Å². The van der Waals surface area contributed by atoms with E-state index in [0.717, 1.165) is 36.4 Å². The highest BCUT2D eigenvalue weighted by Crippen LogP contribution is 2.17. The summed E-state index contributed by atoms with van der Waals surface area (Å²) in [6.07, 6.45) is 3.29. The molecule has 0 saturated heterocycles. The maximum Gasteiger partial charge on any atom is 0.224 e. The number of carbonyl (C=O) groups excluding carboxylic acids is 1. The van der Waals surface area contributed by atoms with Gasteiger partial charge in [-0.1, -0.05) is 37.1 Å². The van der Waals surface area contributed by atoms with E-state index in [1.165, 1.54) is 0 Å². The van der Waals surface area contributed by atoms with Gasteiger partial charge in [-0.15, -0.1) is 0 Å². The van der Waals surface area contributed by atoms with Crippen LogP contribution < -0.4 is 10.1 Å². The minimum atomic E-state index is -0.000369. The van der Waals surface area contributed by atoms with Crippen LogP contribution in [0, 0.1) is 0 Å². The molecule has 0 unspecified atom stereocenters. The normalized spacial score (nSPS) is 10.3. The molecule has 2 aromatic rings. The van der Waals surface area contributed by atoms with Crippen molar-refractivity contribution in [1.82, 2.24) is 0 Å². The van der Waals surface area contributed by atoms with Gasteiger partial charge in [-0.05, 0) is 54.8 Å². The summed E-state index contributed by atoms with van der Waals surface area (Å²) in [5.74, 6) is 0.831. The molecule has 3 nitrogen and oxygen atoms in total. The average Bonchev–Trinajstić information content (AvgIpc) is 2.56. The van der Waals surface area contributed by atoms with Gasteiger partial charge in [-0.25, -0.2) is 0 Å². The van der Waals surface area contributed by atoms with Crippen LogP contribution >= 0.6 is 11.6 Å². The molecule has 4 heteroatoms. The standard InChI is InChI=1S/C19H22ClNO2/c1-2-3-14-23-18-11-9-17(10-12-18)21-19(22)13-6-15-4-7-16(20)8-5-15/h4-5,7-12H,2-3,6,13-14H2,1H3,(H,21,22). The van der Waals surface area contributed by atoms with E-state index in [0.29, 0.717) is 17.9 Å². The molecule has 0 bridgehead atoms. The number of rotatable bonds is 8. The summed E-state index contributed by atoms with van der Waals surface area (Å²) in [7, 11) is 0. The molecule has 0 spiro atoms. The molecule has 1 amide bonds. The first-order valence-electron chi connectivity index (χ1n) is 7.94. The van der Waals surface area contributed by atoms with E-state index < -0.39 is 0 Å². The summed E-state index contributed by atoms with van der Waals surface area (Å²) >= 11 is 5.84. The second-order valence-corrected chi connectivity index (χ2v) is 5.84. The van der Waals surface area contributed by atoms with Crippen molar-refractivity contribution in [3.05, 3.63) is 59.1 Å². The topological polar surface area (TPSA) is 38.3 Å². The lowest BCUT2D eigenvalue weighted by Crippen LogP contribution is -2.12. The zero-order valence-corrected chi connectivity index (χ0v) is 14.1. The number of benzene rings is 2. The first kappa shape index (κ1) is 17.4. The van der Waals surface area contributed by atoms with Gasteiger partial charge in [0.1, 0.15) is 5.75 Å². The van der Waals surface area contributed by atoms with E-state index in [9.17, 15) is 4.79 Å². The van der Waals surface area contributed by atoms with E-state index in [-0.39, 0.29) is 5.91 Å². The summed E-state index contributed by atoms with van der Waals surface area (Å²) in [6, 6.07) is 15.0. The first-order valence-corrected chi connectivity index (χ1v) is 8.32. The summed E-state index contributed by atoms with van der Waals surface area (Å²) in [5, 5.41) is 3.61. The second kappa shape index (κ2) is 9.21. The van der Waals surface area contributed by atoms with E-state index >= 15 is 0 Å². The van der Waals surface area contributed by atoms with Crippen LogP contribution in [0.2, 0.25) is 5.02 Å². The first-order chi connectivity index (χ1) is 11.2. The molecule has 2 rings (SSSR count). The van der Waals surface area contributed by atoms with Gasteiger partial charge >= 0.3 is 0 Å². The van der Waals surface area contributed by atoms with Crippen LogP contribution in [0.15, 0.2) is 48.5 Å². The summed E-state index contributed by atoms with van der Waals surface area (Å²) in [4.78, 5) is 12.0. The quantitative estimate of drug-likeness (QED) is 0.684. The molecule has 0 aliphatic rings. The highest BCUT2D eigenvalue weighted by molar-refractivity contribution is 6.30. The maximum atomic E-state index is 12.0. The minimum absolute atomic E-state index is 0.000369. The van der Waals surface area contributed by atoms with Crippen molar-refractivity contribution >= 4 is 23.2 Å². The van der Waals surface area contributed by atoms with Crippen molar-refractivity contribution in [1.29, 1.82) is 0 Å². The van der Waals surface area contributed by atoms with Gasteiger partial charge in [0.15, 0.2) is 0 Å². The third-order valence-corrected chi connectivity index (χ3v) is 3.71. The lowest BCUT2D eigenvalue weighted by molar-refractivity contribution is -0.116. The van der Waals surface area contributed by atoms with E-state index in [4.69, 9.17) is 16.3 Å². The molecule has 0 radical (unpaired) electrons. The number of carbonyl (C=O) groups is 1. The number of halogens is 1. The van der Waals surface area contributed by atoms with Crippen LogP contribution in [0.5, 0.6) is 5.75 Å². The fourth-order valence-electron chi connectivity index (χ4n) is 2.10. The van der Waals surface area contributed by atoms with Gasteiger partial charge in [0.05, 0.1) is 6.61 Å². The van der Waals surface area contributed by atoms with Crippen molar-refractivity contribution in [2.45, 2.75) is 32.6 Å². The monoisotopic (exact) mass is 331 g/mol. The molecular formula is C19H22ClNO2. The average molecular weight is 332 g/mol. The van der Waals surface area contributed by atoms with Gasteiger partial charge in [0.25, 0.3) is 0 Å². The Hall–Kier alpha value is -2.00. The predicted octanol–water partition coefficient (Wildman–Crippen LogP) is 5.09. The highest BCUT2D eigenvalue weighted by Gasteiger charge is 2.04. The molecule has 0 aliphatic carbocycles. The van der Waals surface area contributed by atoms with Gasteiger partial charge in [-0.2, -0.15) is 0 Å². The minimum Gasteiger partial charge on any atom is -0.494 e. The van der Waals surface area contributed by atoms with Crippen molar-refractivity contribution in [2.75, 3.05) is 11.9 Å². The van der Waals surface area contributed by atoms with Crippen LogP contribution in [0.25, 0.3) is 0 Å². The highest BCUT2D eigenvalue weighted by atomic mass is 35.5. The Bertz CT molecular complexity index is 608. The Kier molecular flexibility index (Phi) is 6.95. The SMILES string of the molecule is CCCCOc1ccc(NC(=O)CCc2ccc(Cl)cc2)cc1. The third kappa shape index (κ3) is 6.33. The number of hydrogen-bond donors (Lipinski definition) is 1. The number of unbranched alkanes of at least 4 members (excludes halogenated alkanes) is 1. The Morgan fingerprint density at radius 1 is 1.09 bits per heavy atom. The molecule has 122 valence electrons. The van der Waals surface area contributed by atoms with Crippen molar-refractivity contribution < 1.29 is 9.53 Å². The molecule has 0 saturated carbocycles. The molecule has 0 atom stereocenters. The fraction of sp³-hybridized carbons (Fsp3) is 0.316. The summed E-state index contributed by atoms with van der Waals surface area (Å²) in [5.41, 5.74) is 1.89. The fourth-order valence-corrected chi connectivity index (χ4v) is 2.23. The van der Waals surface area contributed by atoms with Gasteiger partial charge in [0.2, 0.25) is 5.91 Å². The Morgan fingerprint density at radius 2 is 1.78 bits per heavy atom. The number of ether oxygens (including phenoxy) is 1. The van der Waals surface area contributed by atoms with Crippen LogP contribution in [-0.2, 0) is 11.2 Å². The third-order valence-electron chi connectivity index (χ3n) is 3.46. The Labute approximate surface area is 142 Å². The van der Waals surface area contributed by atoms with Crippen molar-refractivity contribution in [3.8, 4) is 5.75 Å². The second-order valence-electron chi connectivity index (χ2n) is 5.40. The summed E-state index contributed by atoms with van der Waals surface area (Å²) in [6.45, 7) is 2.86. The van der Waals surface area contributed by atoms with Gasteiger partial charge in [-0.3, -0.25) is 4.79 Å². The molecule has 0 fully saturated rings. The number of amides is 1. The largest absolute Gasteiger partial charge is 0.494 e. The van der Waals surface area contributed by atoms with Gasteiger partial charge < -0.3 is 10.1 Å². The Morgan fingerprint density at radius 3 is 2.43 bits per heavy atom.